The molecule has 408 valence electrons. The highest BCUT2D eigenvalue weighted by Crippen LogP contribution is 2.46. The molecule has 3 aliphatic heterocycles. The first-order valence-corrected chi connectivity index (χ1v) is 26.3. The van der Waals surface area contributed by atoms with Crippen molar-refractivity contribution in [3.05, 3.63) is 34.8 Å². The second kappa shape index (κ2) is 24.7. The monoisotopic (exact) mass is 1040 g/mol. The van der Waals surface area contributed by atoms with Crippen molar-refractivity contribution < 1.29 is 67.9 Å². The summed E-state index contributed by atoms with van der Waals surface area (Å²) in [4.78, 5) is 29.8. The van der Waals surface area contributed by atoms with Crippen molar-refractivity contribution in [2.24, 2.45) is 29.6 Å². The summed E-state index contributed by atoms with van der Waals surface area (Å²) < 4.78 is 53.0. The van der Waals surface area contributed by atoms with E-state index in [-0.39, 0.29) is 37.9 Å². The van der Waals surface area contributed by atoms with Crippen LogP contribution in [0.2, 0.25) is 0 Å². The molecule has 1 amide bonds. The Morgan fingerprint density at radius 3 is 2.19 bits per heavy atom. The number of hydrogen-bond acceptors (Lipinski definition) is 18. The third-order valence-corrected chi connectivity index (χ3v) is 17.1. The molecule has 0 saturated carbocycles. The number of cyclic esters (lactones) is 1. The zero-order valence-corrected chi connectivity index (χ0v) is 45.5. The molecule has 20 atom stereocenters. The van der Waals surface area contributed by atoms with Crippen molar-refractivity contribution in [3.8, 4) is 10.6 Å². The molecule has 7 N–H and O–H groups in total. The summed E-state index contributed by atoms with van der Waals surface area (Å²) in [6, 6.07) is 5.04. The van der Waals surface area contributed by atoms with Crippen molar-refractivity contribution in [2.75, 3.05) is 34.5 Å². The number of aliphatic hydroxyl groups is 5. The number of hydrogen-bond donors (Lipinski definition) is 7. The lowest BCUT2D eigenvalue weighted by molar-refractivity contribution is -0.305. The van der Waals surface area contributed by atoms with Crippen LogP contribution in [0.4, 0.5) is 4.39 Å². The maximum atomic E-state index is 14.6. The van der Waals surface area contributed by atoms with Gasteiger partial charge in [-0.15, -0.1) is 10.2 Å². The molecule has 1 aromatic heterocycles. The Bertz CT molecular complexity index is 2100. The first-order chi connectivity index (χ1) is 33.7. The van der Waals surface area contributed by atoms with Crippen LogP contribution in [0.25, 0.3) is 10.6 Å². The highest BCUT2D eigenvalue weighted by Gasteiger charge is 2.56. The van der Waals surface area contributed by atoms with Gasteiger partial charge in [-0.1, -0.05) is 70.2 Å². The van der Waals surface area contributed by atoms with Crippen LogP contribution in [0, 0.1) is 41.9 Å². The van der Waals surface area contributed by atoms with E-state index >= 15 is 0 Å². The van der Waals surface area contributed by atoms with E-state index in [1.54, 1.807) is 65.9 Å². The summed E-state index contributed by atoms with van der Waals surface area (Å²) in [5.41, 5.74) is -2.95. The number of halogens is 1. The van der Waals surface area contributed by atoms with Gasteiger partial charge in [-0.05, 0) is 85.3 Å². The predicted octanol–water partition coefficient (Wildman–Crippen LogP) is 4.94. The Balaban J connectivity index is 1.43. The first-order valence-electron chi connectivity index (χ1n) is 25.4. The summed E-state index contributed by atoms with van der Waals surface area (Å²) in [5.74, 6) is -4.97. The van der Waals surface area contributed by atoms with E-state index in [0.717, 1.165) is 10.6 Å². The van der Waals surface area contributed by atoms with Crippen molar-refractivity contribution in [1.29, 1.82) is 5.41 Å². The second-order valence-electron chi connectivity index (χ2n) is 21.6. The number of amides is 1. The molecule has 20 heteroatoms. The number of ether oxygens (including phenoxy) is 6. The van der Waals surface area contributed by atoms with E-state index in [1.165, 1.54) is 32.5 Å². The summed E-state index contributed by atoms with van der Waals surface area (Å²) in [6.07, 6.45) is -9.72. The zero-order valence-electron chi connectivity index (χ0n) is 44.7. The maximum Gasteiger partial charge on any atom is 0.309 e. The maximum absolute atomic E-state index is 14.6. The average Bonchev–Trinajstić information content (AvgIpc) is 3.80. The van der Waals surface area contributed by atoms with E-state index in [0.29, 0.717) is 17.0 Å². The molecule has 3 aliphatic rings. The van der Waals surface area contributed by atoms with Crippen molar-refractivity contribution in [3.63, 3.8) is 0 Å². The Kier molecular flexibility index (Phi) is 20.5. The van der Waals surface area contributed by atoms with Gasteiger partial charge < -0.3 is 69.6 Å². The second-order valence-corrected chi connectivity index (χ2v) is 22.7. The normalized spacial score (nSPS) is 39.5. The first kappa shape index (κ1) is 59.8. The lowest BCUT2D eigenvalue weighted by Crippen LogP contribution is -2.62. The number of likely N-dealkylation sites (N-methyl/N-ethyl adjacent to an activating group) is 1. The summed E-state index contributed by atoms with van der Waals surface area (Å²) in [7, 11) is 4.79. The van der Waals surface area contributed by atoms with Crippen LogP contribution < -0.4 is 5.32 Å². The van der Waals surface area contributed by atoms with E-state index in [4.69, 9.17) is 28.4 Å². The summed E-state index contributed by atoms with van der Waals surface area (Å²) in [6.45, 7) is 18.4. The zero-order chi connectivity index (χ0) is 53.8. The number of nitrogens with one attached hydrogen (secondary N) is 2. The van der Waals surface area contributed by atoms with Crippen LogP contribution in [0.5, 0.6) is 0 Å². The van der Waals surface area contributed by atoms with E-state index in [9.17, 15) is 44.9 Å². The molecule has 1 aromatic carbocycles. The van der Waals surface area contributed by atoms with E-state index in [1.807, 2.05) is 39.5 Å². The van der Waals surface area contributed by atoms with E-state index in [2.05, 4.69) is 15.5 Å². The number of alkyl halides is 1. The molecule has 0 radical (unpaired) electrons. The minimum atomic E-state index is -1.93. The highest BCUT2D eigenvalue weighted by atomic mass is 32.1. The quantitative estimate of drug-likeness (QED) is 0.117. The molecule has 0 spiro atoms. The molecular weight excluding hydrogens is 954 g/mol. The predicted molar refractivity (Wildman–Crippen MR) is 269 cm³/mol. The largest absolute Gasteiger partial charge is 0.459 e. The van der Waals surface area contributed by atoms with Gasteiger partial charge in [0.25, 0.3) is 0 Å². The Hall–Kier alpha value is -3.12. The van der Waals surface area contributed by atoms with Gasteiger partial charge in [-0.3, -0.25) is 9.59 Å². The van der Waals surface area contributed by atoms with Crippen molar-refractivity contribution in [1.82, 2.24) is 20.4 Å². The fraction of sp³-hybridized carbons (Fsp3) is 0.788. The van der Waals surface area contributed by atoms with Gasteiger partial charge >= 0.3 is 5.97 Å². The molecular formula is C52H84FN5O13S. The van der Waals surface area contributed by atoms with Gasteiger partial charge in [0.15, 0.2) is 6.29 Å². The lowest BCUT2D eigenvalue weighted by Gasteiger charge is -2.52. The third kappa shape index (κ3) is 13.1. The Morgan fingerprint density at radius 2 is 1.62 bits per heavy atom. The Labute approximate surface area is 429 Å². The topological polar surface area (TPSA) is 256 Å². The van der Waals surface area contributed by atoms with Gasteiger partial charge in [0.2, 0.25) is 5.91 Å². The van der Waals surface area contributed by atoms with Gasteiger partial charge in [-0.25, -0.2) is 4.39 Å². The fourth-order valence-corrected chi connectivity index (χ4v) is 12.2. The highest BCUT2D eigenvalue weighted by molar-refractivity contribution is 7.14. The van der Waals surface area contributed by atoms with Crippen LogP contribution in [0.1, 0.15) is 118 Å². The standard InChI is InChI=1S/C52H84FN5O13S/c1-15-38-52(11,65)44(62)30(6)41(54)26(2)23-51(10,67-14)46(28(4)40(29(5)48(64)70-38)37-24-50(9,66-13)45(63)31(7)69-37)71-49-43(61)36(22-27(3)68-49)58(12)21-20-39(59)55-35(25-53)42(60)33-16-18-34(19-17-33)47-57-56-32(8)72-47/h16-19,26-31,35-38,40,42-46,49,54,60-63,65H,15,20-25H2,1-14H3,(H,55,59)/t26-,27-,28+,29-,30+,31+,35-,36+,37-,38-,40?,42-,43-,44-,45+,46-,49+,50-,51-,52-/m1/s1. The number of benzene rings is 1. The molecule has 18 nitrogen and oxygen atoms in total. The molecule has 1 unspecified atom stereocenters. The van der Waals surface area contributed by atoms with Gasteiger partial charge in [-0.2, -0.15) is 0 Å². The number of methoxy groups -OCH3 is 2. The molecule has 0 aliphatic carbocycles. The van der Waals surface area contributed by atoms with Crippen LogP contribution in [0.3, 0.4) is 0 Å². The fourth-order valence-electron chi connectivity index (χ4n) is 11.5. The van der Waals surface area contributed by atoms with Crippen molar-refractivity contribution in [2.45, 2.75) is 198 Å². The smallest absolute Gasteiger partial charge is 0.309 e. The molecule has 3 saturated heterocycles. The van der Waals surface area contributed by atoms with Gasteiger partial charge in [0, 0.05) is 62.8 Å². The molecule has 3 fully saturated rings. The lowest BCUT2D eigenvalue weighted by atomic mass is 9.67. The minimum Gasteiger partial charge on any atom is -0.459 e. The molecule has 5 rings (SSSR count). The number of rotatable bonds is 15. The molecule has 2 aromatic rings. The number of aromatic nitrogens is 2. The van der Waals surface area contributed by atoms with Gasteiger partial charge in [0.05, 0.1) is 53.7 Å². The number of aliphatic hydroxyl groups excluding tert-OH is 4. The number of nitrogens with zero attached hydrogens (tertiary/aromatic N) is 3. The van der Waals surface area contributed by atoms with Crippen LogP contribution >= 0.6 is 11.3 Å². The SMILES string of the molecule is CC[C@H]1OC(=O)[C@H](C)C([C@H]2C[C@@](C)(OC)[C@@H](O)[C@H](C)O2)[C@H](C)[C@@H](O[C@@H]2O[C@H](C)C[C@H](N(C)CCC(=O)N[C@H](CF)[C@H](O)c3ccc(-c4nnc(C)s4)cc3)[C@H]2O)[C@](C)(OC)C[C@@H](C)C(=N)[C@H](C)[C@@H](O)[C@]1(C)O. The summed E-state index contributed by atoms with van der Waals surface area (Å²) >= 11 is 1.43. The van der Waals surface area contributed by atoms with Gasteiger partial charge in [0.1, 0.15) is 46.7 Å². The molecule has 4 heterocycles. The Morgan fingerprint density at radius 1 is 0.986 bits per heavy atom. The number of esters is 1. The van der Waals surface area contributed by atoms with Crippen LogP contribution in [0.15, 0.2) is 24.3 Å². The number of aryl methyl sites for hydroxylation is 1. The number of carbonyl (C=O) groups is 2. The minimum absolute atomic E-state index is 0.0870. The molecule has 0 bridgehead atoms. The van der Waals surface area contributed by atoms with E-state index < -0.39 is 138 Å². The summed E-state index contributed by atoms with van der Waals surface area (Å²) in [5, 5.41) is 80.0. The van der Waals surface area contributed by atoms with Crippen molar-refractivity contribution >= 4 is 28.9 Å². The molecule has 72 heavy (non-hydrogen) atoms. The van der Waals surface area contributed by atoms with Crippen LogP contribution in [-0.2, 0) is 38.0 Å². The average molecular weight is 1040 g/mol. The van der Waals surface area contributed by atoms with Crippen LogP contribution in [-0.4, -0.2) is 177 Å². The third-order valence-electron chi connectivity index (χ3n) is 16.2. The number of carbonyl (C=O) groups excluding carboxylic acids is 2.